The zero-order valence-corrected chi connectivity index (χ0v) is 11.8. The Bertz CT molecular complexity index is 529. The normalized spacial score (nSPS) is 20.7. The molecule has 1 fully saturated rings. The summed E-state index contributed by atoms with van der Waals surface area (Å²) in [7, 11) is 2.14. The third kappa shape index (κ3) is 2.22. The number of aromatic nitrogens is 2. The second kappa shape index (κ2) is 4.86. The number of nitrogens with zero attached hydrogens (tertiary/aromatic N) is 3. The highest BCUT2D eigenvalue weighted by Crippen LogP contribution is 2.33. The quantitative estimate of drug-likeness (QED) is 0.846. The Morgan fingerprint density at radius 1 is 1.50 bits per heavy atom. The summed E-state index contributed by atoms with van der Waals surface area (Å²) in [5, 5.41) is 3.36. The maximum atomic E-state index is 4.58. The molecule has 0 aliphatic carbocycles. The second-order valence-electron chi connectivity index (χ2n) is 5.03. The van der Waals surface area contributed by atoms with Gasteiger partial charge >= 0.3 is 0 Å². The van der Waals surface area contributed by atoms with Crippen LogP contribution in [0.25, 0.3) is 0 Å². The molecule has 2 aromatic heterocycles. The van der Waals surface area contributed by atoms with E-state index in [4.69, 9.17) is 0 Å². The van der Waals surface area contributed by atoms with Gasteiger partial charge in [-0.15, -0.1) is 11.3 Å². The fourth-order valence-corrected chi connectivity index (χ4v) is 3.46. The summed E-state index contributed by atoms with van der Waals surface area (Å²) in [5.41, 5.74) is 2.65. The van der Waals surface area contributed by atoms with Gasteiger partial charge in [0.2, 0.25) is 0 Å². The average Bonchev–Trinajstić information content (AvgIpc) is 3.02. The first-order valence-electron chi connectivity index (χ1n) is 6.50. The van der Waals surface area contributed by atoms with Crippen molar-refractivity contribution in [2.45, 2.75) is 32.4 Å². The van der Waals surface area contributed by atoms with Crippen molar-refractivity contribution < 1.29 is 0 Å². The van der Waals surface area contributed by atoms with Crippen LogP contribution in [0.5, 0.6) is 0 Å². The summed E-state index contributed by atoms with van der Waals surface area (Å²) in [5.74, 6) is 0. The first kappa shape index (κ1) is 11.9. The molecular weight excluding hydrogens is 242 g/mol. The van der Waals surface area contributed by atoms with Gasteiger partial charge in [-0.25, -0.2) is 4.98 Å². The Morgan fingerprint density at radius 2 is 2.39 bits per heavy atom. The molecule has 0 bridgehead atoms. The smallest absolute Gasteiger partial charge is 0.0897 e. The molecule has 0 spiro atoms. The van der Waals surface area contributed by atoms with Crippen LogP contribution in [-0.2, 0) is 13.6 Å². The van der Waals surface area contributed by atoms with Crippen LogP contribution >= 0.6 is 11.3 Å². The molecule has 96 valence electrons. The van der Waals surface area contributed by atoms with Crippen LogP contribution in [0.2, 0.25) is 0 Å². The molecule has 2 aromatic rings. The topological polar surface area (TPSA) is 21.1 Å². The zero-order valence-electron chi connectivity index (χ0n) is 11.0. The molecule has 1 aliphatic rings. The van der Waals surface area contributed by atoms with Crippen molar-refractivity contribution in [2.75, 3.05) is 6.54 Å². The van der Waals surface area contributed by atoms with Crippen molar-refractivity contribution in [3.63, 3.8) is 0 Å². The molecule has 0 radical (unpaired) electrons. The van der Waals surface area contributed by atoms with Gasteiger partial charge in [-0.05, 0) is 38.4 Å². The lowest BCUT2D eigenvalue weighted by atomic mass is 10.1. The number of likely N-dealkylation sites (tertiary alicyclic amines) is 1. The molecule has 0 amide bonds. The van der Waals surface area contributed by atoms with Gasteiger partial charge < -0.3 is 4.57 Å². The van der Waals surface area contributed by atoms with Crippen LogP contribution in [0.4, 0.5) is 0 Å². The van der Waals surface area contributed by atoms with E-state index in [1.165, 1.54) is 35.8 Å². The van der Waals surface area contributed by atoms with Crippen molar-refractivity contribution in [2.24, 2.45) is 7.05 Å². The molecule has 1 atom stereocenters. The number of rotatable bonds is 3. The number of thiazole rings is 1. The van der Waals surface area contributed by atoms with Gasteiger partial charge in [0.15, 0.2) is 0 Å². The van der Waals surface area contributed by atoms with Crippen molar-refractivity contribution >= 4 is 11.3 Å². The lowest BCUT2D eigenvalue weighted by molar-refractivity contribution is 0.238. The molecule has 0 unspecified atom stereocenters. The van der Waals surface area contributed by atoms with E-state index in [2.05, 4.69) is 52.1 Å². The van der Waals surface area contributed by atoms with Crippen LogP contribution in [0.15, 0.2) is 23.7 Å². The van der Waals surface area contributed by atoms with Crippen LogP contribution < -0.4 is 0 Å². The fourth-order valence-electron chi connectivity index (χ4n) is 2.86. The number of hydrogen-bond acceptors (Lipinski definition) is 3. The molecule has 3 nitrogen and oxygen atoms in total. The van der Waals surface area contributed by atoms with E-state index in [0.717, 1.165) is 6.54 Å². The monoisotopic (exact) mass is 261 g/mol. The van der Waals surface area contributed by atoms with Crippen LogP contribution in [0.3, 0.4) is 0 Å². The Balaban J connectivity index is 1.77. The zero-order chi connectivity index (χ0) is 12.5. The van der Waals surface area contributed by atoms with Gasteiger partial charge in [-0.3, -0.25) is 4.90 Å². The molecule has 4 heteroatoms. The standard InChI is InChI=1S/C14H19N3S/c1-11-15-12(10-18-11)9-17-8-4-6-14(17)13-5-3-7-16(13)2/h3,5,7,10,14H,4,6,8-9H2,1-2H3/t14-/m0/s1. The van der Waals surface area contributed by atoms with E-state index >= 15 is 0 Å². The molecule has 1 aliphatic heterocycles. The van der Waals surface area contributed by atoms with Gasteiger partial charge in [0.25, 0.3) is 0 Å². The van der Waals surface area contributed by atoms with Crippen LogP contribution in [-0.4, -0.2) is 21.0 Å². The van der Waals surface area contributed by atoms with Gasteiger partial charge in [0, 0.05) is 30.9 Å². The fraction of sp³-hybridized carbons (Fsp3) is 0.500. The average molecular weight is 261 g/mol. The number of hydrogen-bond donors (Lipinski definition) is 0. The minimum atomic E-state index is 0.562. The Kier molecular flexibility index (Phi) is 3.22. The van der Waals surface area contributed by atoms with E-state index in [0.29, 0.717) is 6.04 Å². The number of aryl methyl sites for hydroxylation is 2. The third-order valence-corrected chi connectivity index (χ3v) is 4.54. The third-order valence-electron chi connectivity index (χ3n) is 3.72. The molecular formula is C14H19N3S. The van der Waals surface area contributed by atoms with Crippen molar-refractivity contribution in [3.05, 3.63) is 40.1 Å². The molecule has 0 saturated carbocycles. The minimum absolute atomic E-state index is 0.562. The van der Waals surface area contributed by atoms with Crippen molar-refractivity contribution in [1.82, 2.24) is 14.5 Å². The summed E-state index contributed by atoms with van der Waals surface area (Å²) in [4.78, 5) is 7.14. The molecule has 1 saturated heterocycles. The van der Waals surface area contributed by atoms with E-state index in [1.807, 2.05) is 0 Å². The highest BCUT2D eigenvalue weighted by molar-refractivity contribution is 7.09. The van der Waals surface area contributed by atoms with Crippen molar-refractivity contribution in [1.29, 1.82) is 0 Å². The molecule has 0 aromatic carbocycles. The van der Waals surface area contributed by atoms with Crippen molar-refractivity contribution in [3.8, 4) is 0 Å². The van der Waals surface area contributed by atoms with Gasteiger partial charge in [0.05, 0.1) is 16.7 Å². The first-order valence-corrected chi connectivity index (χ1v) is 7.38. The molecule has 0 N–H and O–H groups in total. The predicted molar refractivity (Wildman–Crippen MR) is 74.6 cm³/mol. The van der Waals surface area contributed by atoms with E-state index in [1.54, 1.807) is 11.3 Å². The van der Waals surface area contributed by atoms with E-state index in [9.17, 15) is 0 Å². The SMILES string of the molecule is Cc1nc(CN2CCC[C@H]2c2cccn2C)cs1. The second-order valence-corrected chi connectivity index (χ2v) is 6.09. The first-order chi connectivity index (χ1) is 8.74. The van der Waals surface area contributed by atoms with Crippen LogP contribution in [0.1, 0.15) is 35.3 Å². The van der Waals surface area contributed by atoms with Crippen LogP contribution in [0, 0.1) is 6.92 Å². The summed E-state index contributed by atoms with van der Waals surface area (Å²) in [6, 6.07) is 4.95. The van der Waals surface area contributed by atoms with E-state index in [-0.39, 0.29) is 0 Å². The van der Waals surface area contributed by atoms with Gasteiger partial charge in [-0.1, -0.05) is 0 Å². The summed E-state index contributed by atoms with van der Waals surface area (Å²) >= 11 is 1.75. The lowest BCUT2D eigenvalue weighted by Crippen LogP contribution is -2.24. The lowest BCUT2D eigenvalue weighted by Gasteiger charge is -2.24. The Morgan fingerprint density at radius 3 is 3.06 bits per heavy atom. The summed E-state index contributed by atoms with van der Waals surface area (Å²) in [6.45, 7) is 4.25. The Hall–Kier alpha value is -1.13. The van der Waals surface area contributed by atoms with Gasteiger partial charge in [0.1, 0.15) is 0 Å². The highest BCUT2D eigenvalue weighted by atomic mass is 32.1. The Labute approximate surface area is 112 Å². The minimum Gasteiger partial charge on any atom is -0.353 e. The molecule has 3 rings (SSSR count). The highest BCUT2D eigenvalue weighted by Gasteiger charge is 2.27. The van der Waals surface area contributed by atoms with E-state index < -0.39 is 0 Å². The maximum absolute atomic E-state index is 4.58. The maximum Gasteiger partial charge on any atom is 0.0897 e. The summed E-state index contributed by atoms with van der Waals surface area (Å²) in [6.07, 6.45) is 4.69. The predicted octanol–water partition coefficient (Wildman–Crippen LogP) is 3.13. The largest absolute Gasteiger partial charge is 0.353 e. The van der Waals surface area contributed by atoms with Gasteiger partial charge in [-0.2, -0.15) is 0 Å². The summed E-state index contributed by atoms with van der Waals surface area (Å²) < 4.78 is 2.25. The molecule has 18 heavy (non-hydrogen) atoms. The molecule has 3 heterocycles.